The van der Waals surface area contributed by atoms with E-state index in [2.05, 4.69) is 0 Å². The van der Waals surface area contributed by atoms with Crippen LogP contribution in [0.2, 0.25) is 0 Å². The zero-order chi connectivity index (χ0) is 11.8. The molecule has 0 saturated heterocycles. The average molecular weight is 257 g/mol. The summed E-state index contributed by atoms with van der Waals surface area (Å²) in [5.74, 6) is -0.0549. The van der Waals surface area contributed by atoms with E-state index in [0.717, 1.165) is 18.2 Å². The van der Waals surface area contributed by atoms with Gasteiger partial charge in [0.2, 0.25) is 0 Å². The fraction of sp³-hybridized carbons (Fsp3) is 0.364. The van der Waals surface area contributed by atoms with Crippen LogP contribution in [0.3, 0.4) is 0 Å². The van der Waals surface area contributed by atoms with Crippen LogP contribution in [0.15, 0.2) is 30.3 Å². The molecule has 1 aromatic carbocycles. The van der Waals surface area contributed by atoms with Gasteiger partial charge in [0.15, 0.2) is 0 Å². The Morgan fingerprint density at radius 3 is 2.50 bits per heavy atom. The molecule has 0 spiro atoms. The van der Waals surface area contributed by atoms with Crippen LogP contribution in [0.5, 0.6) is 0 Å². The molecule has 0 saturated carbocycles. The number of thiocarbonyl (C=S) groups is 1. The maximum atomic E-state index is 9.14. The molecule has 0 aliphatic rings. The van der Waals surface area contributed by atoms with E-state index in [0.29, 0.717) is 10.9 Å². The summed E-state index contributed by atoms with van der Waals surface area (Å²) in [6.07, 6.45) is 0.827. The molecule has 0 amide bonds. The lowest BCUT2D eigenvalue weighted by Gasteiger charge is -2.21. The number of thioether (sulfide) groups is 1. The molecule has 0 heterocycles. The van der Waals surface area contributed by atoms with Crippen LogP contribution in [0.25, 0.3) is 0 Å². The first-order valence-corrected chi connectivity index (χ1v) is 6.34. The Labute approximate surface area is 105 Å². The van der Waals surface area contributed by atoms with E-state index in [1.54, 1.807) is 4.90 Å². The number of hydrogen-bond acceptors (Lipinski definition) is 4. The molecule has 5 heteroatoms. The van der Waals surface area contributed by atoms with Crippen molar-refractivity contribution in [2.75, 3.05) is 19.2 Å². The van der Waals surface area contributed by atoms with Gasteiger partial charge < -0.3 is 15.1 Å². The van der Waals surface area contributed by atoms with Crippen LogP contribution < -0.4 is 0 Å². The molecule has 16 heavy (non-hydrogen) atoms. The molecule has 0 aliphatic heterocycles. The first kappa shape index (κ1) is 13.4. The summed E-state index contributed by atoms with van der Waals surface area (Å²) in [6.45, 7) is 0.547. The first-order valence-electron chi connectivity index (χ1n) is 4.95. The average Bonchev–Trinajstić information content (AvgIpc) is 2.31. The van der Waals surface area contributed by atoms with Crippen molar-refractivity contribution in [3.63, 3.8) is 0 Å². The number of rotatable bonds is 5. The van der Waals surface area contributed by atoms with Gasteiger partial charge in [0.25, 0.3) is 0 Å². The smallest absolute Gasteiger partial charge is 0.140 e. The maximum absolute atomic E-state index is 9.14. The molecular formula is C11H15NO2S2. The van der Waals surface area contributed by atoms with Crippen molar-refractivity contribution in [3.8, 4) is 0 Å². The van der Waals surface area contributed by atoms with Crippen LogP contribution in [0, 0.1) is 0 Å². The number of aliphatic hydroxyl groups is 2. The lowest BCUT2D eigenvalue weighted by Crippen LogP contribution is -2.30. The molecule has 88 valence electrons. The van der Waals surface area contributed by atoms with Crippen molar-refractivity contribution in [2.45, 2.75) is 6.42 Å². The normalized spacial score (nSPS) is 10.1. The summed E-state index contributed by atoms with van der Waals surface area (Å²) in [7, 11) is 0. The van der Waals surface area contributed by atoms with Gasteiger partial charge in [0.1, 0.15) is 11.1 Å². The van der Waals surface area contributed by atoms with Gasteiger partial charge >= 0.3 is 0 Å². The van der Waals surface area contributed by atoms with E-state index in [1.165, 1.54) is 5.56 Å². The summed E-state index contributed by atoms with van der Waals surface area (Å²) < 4.78 is 0.529. The Balaban J connectivity index is 2.43. The monoisotopic (exact) mass is 257 g/mol. The molecule has 1 aromatic rings. The van der Waals surface area contributed by atoms with Crippen molar-refractivity contribution in [2.24, 2.45) is 0 Å². The quantitative estimate of drug-likeness (QED) is 0.617. The Kier molecular flexibility index (Phi) is 6.40. The minimum absolute atomic E-state index is 0.0549. The molecule has 2 N–H and O–H groups in total. The largest absolute Gasteiger partial charge is 0.385 e. The van der Waals surface area contributed by atoms with Gasteiger partial charge in [-0.3, -0.25) is 0 Å². The third kappa shape index (κ3) is 4.49. The van der Waals surface area contributed by atoms with Gasteiger partial charge in [-0.1, -0.05) is 54.3 Å². The van der Waals surface area contributed by atoms with Crippen LogP contribution in [0.4, 0.5) is 0 Å². The van der Waals surface area contributed by atoms with Crippen LogP contribution >= 0.6 is 24.0 Å². The van der Waals surface area contributed by atoms with Crippen molar-refractivity contribution >= 4 is 28.3 Å². The number of benzene rings is 1. The van der Waals surface area contributed by atoms with Crippen molar-refractivity contribution < 1.29 is 10.2 Å². The molecule has 1 rings (SSSR count). The molecule has 0 unspecified atom stereocenters. The van der Waals surface area contributed by atoms with Gasteiger partial charge in [0, 0.05) is 6.54 Å². The SMILES string of the molecule is OCSC(=S)N(CO)CCc1ccccc1. The number of hydrogen-bond donors (Lipinski definition) is 2. The van der Waals surface area contributed by atoms with E-state index in [4.69, 9.17) is 22.4 Å². The number of aliphatic hydroxyl groups excluding tert-OH is 2. The second-order valence-electron chi connectivity index (χ2n) is 3.18. The highest BCUT2D eigenvalue weighted by Crippen LogP contribution is 2.09. The third-order valence-electron chi connectivity index (χ3n) is 2.13. The Morgan fingerprint density at radius 1 is 1.25 bits per heavy atom. The molecule has 0 bridgehead atoms. The van der Waals surface area contributed by atoms with Crippen molar-refractivity contribution in [1.82, 2.24) is 4.90 Å². The zero-order valence-electron chi connectivity index (χ0n) is 8.87. The predicted molar refractivity (Wildman–Crippen MR) is 71.2 cm³/mol. The zero-order valence-corrected chi connectivity index (χ0v) is 10.5. The third-order valence-corrected chi connectivity index (χ3v) is 3.38. The molecule has 3 nitrogen and oxygen atoms in total. The summed E-state index contributed by atoms with van der Waals surface area (Å²) >= 11 is 6.21. The molecule has 0 radical (unpaired) electrons. The number of nitrogens with zero attached hydrogens (tertiary/aromatic N) is 1. The Hall–Kier alpha value is -0.620. The summed E-state index contributed by atoms with van der Waals surface area (Å²) in [5, 5.41) is 17.9. The highest BCUT2D eigenvalue weighted by molar-refractivity contribution is 8.22. The Morgan fingerprint density at radius 2 is 1.94 bits per heavy atom. The van der Waals surface area contributed by atoms with E-state index in [1.807, 2.05) is 30.3 Å². The Bertz CT molecular complexity index is 319. The van der Waals surface area contributed by atoms with Gasteiger partial charge in [-0.15, -0.1) is 0 Å². The summed E-state index contributed by atoms with van der Waals surface area (Å²) in [6, 6.07) is 10.0. The lowest BCUT2D eigenvalue weighted by molar-refractivity contribution is 0.176. The topological polar surface area (TPSA) is 43.7 Å². The fourth-order valence-corrected chi connectivity index (χ4v) is 2.02. The first-order chi connectivity index (χ1) is 7.77. The van der Waals surface area contributed by atoms with Crippen LogP contribution in [-0.2, 0) is 6.42 Å². The molecule has 0 aliphatic carbocycles. The minimum Gasteiger partial charge on any atom is -0.385 e. The van der Waals surface area contributed by atoms with Gasteiger partial charge in [-0.05, 0) is 12.0 Å². The van der Waals surface area contributed by atoms with Gasteiger partial charge in [0.05, 0.1) is 5.94 Å². The van der Waals surface area contributed by atoms with E-state index < -0.39 is 0 Å². The standard InChI is InChI=1S/C11H15NO2S2/c13-8-12(11(15)16-9-14)7-6-10-4-2-1-3-5-10/h1-5,13-14H,6-9H2. The highest BCUT2D eigenvalue weighted by atomic mass is 32.2. The second kappa shape index (κ2) is 7.62. The minimum atomic E-state index is -0.112. The summed E-state index contributed by atoms with van der Waals surface area (Å²) in [5.41, 5.74) is 1.21. The van der Waals surface area contributed by atoms with Crippen molar-refractivity contribution in [3.05, 3.63) is 35.9 Å². The van der Waals surface area contributed by atoms with Gasteiger partial charge in [-0.2, -0.15) is 0 Å². The lowest BCUT2D eigenvalue weighted by atomic mass is 10.1. The van der Waals surface area contributed by atoms with Crippen LogP contribution in [0.1, 0.15) is 5.56 Å². The van der Waals surface area contributed by atoms with E-state index in [-0.39, 0.29) is 12.7 Å². The molecule has 0 atom stereocenters. The second-order valence-corrected chi connectivity index (χ2v) is 4.76. The van der Waals surface area contributed by atoms with Crippen molar-refractivity contribution in [1.29, 1.82) is 0 Å². The van der Waals surface area contributed by atoms with E-state index in [9.17, 15) is 0 Å². The van der Waals surface area contributed by atoms with Crippen LogP contribution in [-0.4, -0.2) is 38.6 Å². The molecule has 0 aromatic heterocycles. The maximum Gasteiger partial charge on any atom is 0.140 e. The van der Waals surface area contributed by atoms with E-state index >= 15 is 0 Å². The predicted octanol–water partition coefficient (Wildman–Crippen LogP) is 1.45. The fourth-order valence-electron chi connectivity index (χ4n) is 1.27. The summed E-state index contributed by atoms with van der Waals surface area (Å²) in [4.78, 5) is 1.67. The highest BCUT2D eigenvalue weighted by Gasteiger charge is 2.08. The molecule has 0 fully saturated rings. The molecular weight excluding hydrogens is 242 g/mol. The van der Waals surface area contributed by atoms with Gasteiger partial charge in [-0.25, -0.2) is 0 Å².